The lowest BCUT2D eigenvalue weighted by Crippen LogP contribution is -2.30. The van der Waals surface area contributed by atoms with Crippen LogP contribution >= 0.6 is 0 Å². The standard InChI is InChI=1S/C23H24N2O2/c24-15-16-25-22(26)17-18-11-13-21(14-12-18)27-23(19-7-3-1-4-8-19)20-9-5-2-6-10-20/h1-14,23H,15-17,24H2,(H,25,26). The van der Waals surface area contributed by atoms with E-state index < -0.39 is 0 Å². The molecule has 138 valence electrons. The minimum absolute atomic E-state index is 0.0273. The molecule has 0 bridgehead atoms. The minimum atomic E-state index is -0.189. The average Bonchev–Trinajstić information content (AvgIpc) is 2.73. The molecule has 4 nitrogen and oxygen atoms in total. The summed E-state index contributed by atoms with van der Waals surface area (Å²) in [5, 5.41) is 2.78. The van der Waals surface area contributed by atoms with Crippen molar-refractivity contribution in [3.05, 3.63) is 102 Å². The quantitative estimate of drug-likeness (QED) is 0.646. The zero-order chi connectivity index (χ0) is 18.9. The van der Waals surface area contributed by atoms with E-state index in [1.54, 1.807) is 0 Å². The van der Waals surface area contributed by atoms with Gasteiger partial charge in [-0.3, -0.25) is 4.79 Å². The van der Waals surface area contributed by atoms with Crippen molar-refractivity contribution in [2.24, 2.45) is 5.73 Å². The molecule has 3 rings (SSSR count). The first kappa shape index (κ1) is 18.7. The second-order valence-electron chi connectivity index (χ2n) is 6.28. The zero-order valence-corrected chi connectivity index (χ0v) is 15.2. The number of carbonyl (C=O) groups is 1. The summed E-state index contributed by atoms with van der Waals surface area (Å²) >= 11 is 0. The molecule has 0 fully saturated rings. The lowest BCUT2D eigenvalue weighted by Gasteiger charge is -2.20. The summed E-state index contributed by atoms with van der Waals surface area (Å²) in [4.78, 5) is 11.8. The SMILES string of the molecule is NCCNC(=O)Cc1ccc(OC(c2ccccc2)c2ccccc2)cc1. The van der Waals surface area contributed by atoms with Gasteiger partial charge >= 0.3 is 0 Å². The summed E-state index contributed by atoms with van der Waals surface area (Å²) in [6, 6.07) is 27.9. The summed E-state index contributed by atoms with van der Waals surface area (Å²) in [5.74, 6) is 0.736. The van der Waals surface area contributed by atoms with Crippen LogP contribution in [0.2, 0.25) is 0 Å². The largest absolute Gasteiger partial charge is 0.481 e. The van der Waals surface area contributed by atoms with Crippen molar-refractivity contribution in [3.8, 4) is 5.75 Å². The third-order valence-corrected chi connectivity index (χ3v) is 4.21. The molecule has 0 spiro atoms. The maximum absolute atomic E-state index is 11.8. The van der Waals surface area contributed by atoms with E-state index in [2.05, 4.69) is 29.6 Å². The molecule has 0 heterocycles. The van der Waals surface area contributed by atoms with Crippen LogP contribution in [0.25, 0.3) is 0 Å². The van der Waals surface area contributed by atoms with E-state index in [0.717, 1.165) is 22.4 Å². The van der Waals surface area contributed by atoms with Gasteiger partial charge < -0.3 is 15.8 Å². The molecule has 27 heavy (non-hydrogen) atoms. The highest BCUT2D eigenvalue weighted by Gasteiger charge is 2.15. The van der Waals surface area contributed by atoms with Gasteiger partial charge in [-0.15, -0.1) is 0 Å². The van der Waals surface area contributed by atoms with Crippen molar-refractivity contribution >= 4 is 5.91 Å². The molecule has 0 radical (unpaired) electrons. The first-order valence-corrected chi connectivity index (χ1v) is 9.08. The van der Waals surface area contributed by atoms with Crippen LogP contribution in [0.4, 0.5) is 0 Å². The highest BCUT2D eigenvalue weighted by molar-refractivity contribution is 5.78. The van der Waals surface area contributed by atoms with E-state index in [0.29, 0.717) is 19.5 Å². The van der Waals surface area contributed by atoms with Gasteiger partial charge in [-0.2, -0.15) is 0 Å². The third kappa shape index (κ3) is 5.43. The number of hydrogen-bond acceptors (Lipinski definition) is 3. The second-order valence-corrected chi connectivity index (χ2v) is 6.28. The van der Waals surface area contributed by atoms with Crippen molar-refractivity contribution in [2.75, 3.05) is 13.1 Å². The smallest absolute Gasteiger partial charge is 0.224 e. The van der Waals surface area contributed by atoms with Gasteiger partial charge in [0.05, 0.1) is 6.42 Å². The molecule has 3 aromatic carbocycles. The predicted octanol–water partition coefficient (Wildman–Crippen LogP) is 3.47. The predicted molar refractivity (Wildman–Crippen MR) is 108 cm³/mol. The van der Waals surface area contributed by atoms with Crippen molar-refractivity contribution < 1.29 is 9.53 Å². The summed E-state index contributed by atoms with van der Waals surface area (Å²) < 4.78 is 6.29. The highest BCUT2D eigenvalue weighted by Crippen LogP contribution is 2.28. The van der Waals surface area contributed by atoms with Crippen LogP contribution in [-0.4, -0.2) is 19.0 Å². The Balaban J connectivity index is 1.74. The van der Waals surface area contributed by atoms with Crippen LogP contribution in [0.15, 0.2) is 84.9 Å². The number of hydrogen-bond donors (Lipinski definition) is 2. The number of ether oxygens (including phenoxy) is 1. The molecule has 0 saturated carbocycles. The van der Waals surface area contributed by atoms with Crippen LogP contribution in [0, 0.1) is 0 Å². The monoisotopic (exact) mass is 360 g/mol. The molecule has 0 unspecified atom stereocenters. The minimum Gasteiger partial charge on any atom is -0.481 e. The van der Waals surface area contributed by atoms with Gasteiger partial charge in [-0.25, -0.2) is 0 Å². The molecule has 0 aliphatic heterocycles. The van der Waals surface area contributed by atoms with Gasteiger partial charge in [-0.1, -0.05) is 72.8 Å². The lowest BCUT2D eigenvalue weighted by atomic mass is 10.0. The van der Waals surface area contributed by atoms with Crippen LogP contribution < -0.4 is 15.8 Å². The fourth-order valence-electron chi connectivity index (χ4n) is 2.87. The average molecular weight is 360 g/mol. The van der Waals surface area contributed by atoms with Crippen molar-refractivity contribution in [1.29, 1.82) is 0 Å². The third-order valence-electron chi connectivity index (χ3n) is 4.21. The molecule has 0 saturated heterocycles. The molecule has 3 N–H and O–H groups in total. The Bertz CT molecular complexity index is 794. The van der Waals surface area contributed by atoms with Gasteiger partial charge in [0, 0.05) is 13.1 Å². The maximum atomic E-state index is 11.8. The highest BCUT2D eigenvalue weighted by atomic mass is 16.5. The number of amides is 1. The van der Waals surface area contributed by atoms with E-state index in [1.165, 1.54) is 0 Å². The molecular formula is C23H24N2O2. The molecule has 0 aliphatic carbocycles. The molecule has 1 amide bonds. The molecule has 0 aromatic heterocycles. The van der Waals surface area contributed by atoms with E-state index in [1.807, 2.05) is 60.7 Å². The van der Waals surface area contributed by atoms with Gasteiger partial charge in [-0.05, 0) is 28.8 Å². The van der Waals surface area contributed by atoms with E-state index in [-0.39, 0.29) is 12.0 Å². The maximum Gasteiger partial charge on any atom is 0.224 e. The van der Waals surface area contributed by atoms with Crippen molar-refractivity contribution in [2.45, 2.75) is 12.5 Å². The summed E-state index contributed by atoms with van der Waals surface area (Å²) in [7, 11) is 0. The Morgan fingerprint density at radius 3 is 1.93 bits per heavy atom. The topological polar surface area (TPSA) is 64.3 Å². The fourth-order valence-corrected chi connectivity index (χ4v) is 2.87. The van der Waals surface area contributed by atoms with E-state index in [4.69, 9.17) is 10.5 Å². The van der Waals surface area contributed by atoms with E-state index >= 15 is 0 Å². The number of nitrogens with one attached hydrogen (secondary N) is 1. The van der Waals surface area contributed by atoms with Crippen LogP contribution in [0.5, 0.6) is 5.75 Å². The van der Waals surface area contributed by atoms with Gasteiger partial charge in [0.25, 0.3) is 0 Å². The zero-order valence-electron chi connectivity index (χ0n) is 15.2. The fraction of sp³-hybridized carbons (Fsp3) is 0.174. The summed E-state index contributed by atoms with van der Waals surface area (Å²) in [5.41, 5.74) is 8.52. The Kier molecular flexibility index (Phi) is 6.61. The summed E-state index contributed by atoms with van der Waals surface area (Å²) in [6.07, 6.45) is 0.146. The molecular weight excluding hydrogens is 336 g/mol. The van der Waals surface area contributed by atoms with Crippen LogP contribution in [-0.2, 0) is 11.2 Å². The second kappa shape index (κ2) is 9.55. The molecule has 0 atom stereocenters. The number of benzene rings is 3. The normalized spacial score (nSPS) is 10.6. The van der Waals surface area contributed by atoms with Gasteiger partial charge in [0.15, 0.2) is 0 Å². The van der Waals surface area contributed by atoms with Crippen molar-refractivity contribution in [1.82, 2.24) is 5.32 Å². The first-order chi connectivity index (χ1) is 13.3. The van der Waals surface area contributed by atoms with Crippen LogP contribution in [0.3, 0.4) is 0 Å². The lowest BCUT2D eigenvalue weighted by molar-refractivity contribution is -0.120. The number of rotatable bonds is 8. The summed E-state index contributed by atoms with van der Waals surface area (Å²) in [6.45, 7) is 0.939. The molecule has 0 aliphatic rings. The first-order valence-electron chi connectivity index (χ1n) is 9.08. The Hall–Kier alpha value is -3.11. The Morgan fingerprint density at radius 1 is 0.852 bits per heavy atom. The van der Waals surface area contributed by atoms with Gasteiger partial charge in [0.1, 0.15) is 11.9 Å². The van der Waals surface area contributed by atoms with Gasteiger partial charge in [0.2, 0.25) is 5.91 Å². The molecule has 4 heteroatoms. The van der Waals surface area contributed by atoms with E-state index in [9.17, 15) is 4.79 Å². The van der Waals surface area contributed by atoms with Crippen LogP contribution in [0.1, 0.15) is 22.8 Å². The number of carbonyl (C=O) groups excluding carboxylic acids is 1. The Labute approximate surface area is 160 Å². The Morgan fingerprint density at radius 2 is 1.41 bits per heavy atom. The van der Waals surface area contributed by atoms with Crippen molar-refractivity contribution in [3.63, 3.8) is 0 Å². The molecule has 3 aromatic rings. The number of nitrogens with two attached hydrogens (primary N) is 1.